The molecule has 1 amide bonds. The Morgan fingerprint density at radius 1 is 1.32 bits per heavy atom. The van der Waals surface area contributed by atoms with Crippen molar-refractivity contribution in [2.75, 3.05) is 11.5 Å². The minimum Gasteiger partial charge on any atom is -0.482 e. The summed E-state index contributed by atoms with van der Waals surface area (Å²) in [6.45, 7) is 5.33. The maximum absolute atomic E-state index is 12.3. The first-order valence-electron chi connectivity index (χ1n) is 7.16. The van der Waals surface area contributed by atoms with Gasteiger partial charge in [0.2, 0.25) is 0 Å². The number of fused-ring (bicyclic) bond motifs is 1. The summed E-state index contributed by atoms with van der Waals surface area (Å²) in [6, 6.07) is 4.80. The van der Waals surface area contributed by atoms with Gasteiger partial charge in [0.15, 0.2) is 12.4 Å². The van der Waals surface area contributed by atoms with Crippen LogP contribution in [-0.4, -0.2) is 35.4 Å². The molecule has 0 aromatic heterocycles. The van der Waals surface area contributed by atoms with Gasteiger partial charge in [0.05, 0.1) is 12.1 Å². The molecule has 1 aliphatic heterocycles. The van der Waals surface area contributed by atoms with E-state index in [1.165, 1.54) is 0 Å². The molecule has 0 saturated carbocycles. The maximum Gasteiger partial charge on any atom is 0.304 e. The van der Waals surface area contributed by atoms with Crippen LogP contribution in [0, 0.1) is 5.92 Å². The normalized spacial score (nSPS) is 15.3. The summed E-state index contributed by atoms with van der Waals surface area (Å²) >= 11 is 0. The second-order valence-electron chi connectivity index (χ2n) is 5.69. The van der Waals surface area contributed by atoms with E-state index in [1.54, 1.807) is 30.0 Å². The maximum atomic E-state index is 12.3. The lowest BCUT2D eigenvalue weighted by Gasteiger charge is -2.32. The number of ketones is 1. The third-order valence-corrected chi connectivity index (χ3v) is 3.57. The molecule has 2 rings (SSSR count). The molecule has 118 valence electrons. The number of carbonyl (C=O) groups excluding carboxylic acids is 2. The van der Waals surface area contributed by atoms with Crippen LogP contribution in [0.2, 0.25) is 0 Å². The number of carboxylic acids is 1. The number of Topliss-reactive ketones (excluding diaryl/α,β-unsaturated/α-hetero) is 1. The zero-order chi connectivity index (χ0) is 16.4. The first-order valence-corrected chi connectivity index (χ1v) is 7.16. The third kappa shape index (κ3) is 3.10. The molecule has 1 unspecified atom stereocenters. The summed E-state index contributed by atoms with van der Waals surface area (Å²) in [6.07, 6.45) is -0.223. The van der Waals surface area contributed by atoms with E-state index in [2.05, 4.69) is 0 Å². The summed E-state index contributed by atoms with van der Waals surface area (Å²) in [5.41, 5.74) is 0.941. The van der Waals surface area contributed by atoms with Crippen molar-refractivity contribution in [1.29, 1.82) is 0 Å². The van der Waals surface area contributed by atoms with Crippen LogP contribution in [-0.2, 0) is 9.59 Å². The first kappa shape index (κ1) is 16.0. The number of ether oxygens (including phenoxy) is 1. The van der Waals surface area contributed by atoms with E-state index in [4.69, 9.17) is 9.84 Å². The van der Waals surface area contributed by atoms with E-state index in [-0.39, 0.29) is 30.8 Å². The summed E-state index contributed by atoms with van der Waals surface area (Å²) < 4.78 is 5.38. The second kappa shape index (κ2) is 6.17. The van der Waals surface area contributed by atoms with E-state index >= 15 is 0 Å². The molecule has 0 saturated heterocycles. The fourth-order valence-electron chi connectivity index (χ4n) is 2.53. The number of aliphatic carboxylic acids is 1. The van der Waals surface area contributed by atoms with Crippen LogP contribution in [0.3, 0.4) is 0 Å². The van der Waals surface area contributed by atoms with Crippen molar-refractivity contribution in [3.8, 4) is 5.75 Å². The summed E-state index contributed by atoms with van der Waals surface area (Å²) in [5, 5.41) is 8.80. The molecule has 22 heavy (non-hydrogen) atoms. The third-order valence-electron chi connectivity index (χ3n) is 3.57. The largest absolute Gasteiger partial charge is 0.482 e. The van der Waals surface area contributed by atoms with Crippen LogP contribution in [0.5, 0.6) is 5.75 Å². The number of nitrogens with zero attached hydrogens (tertiary/aromatic N) is 1. The predicted octanol–water partition coefficient (Wildman–Crippen LogP) is 2.11. The van der Waals surface area contributed by atoms with Gasteiger partial charge in [0.1, 0.15) is 5.75 Å². The molecule has 1 aromatic carbocycles. The molecule has 1 heterocycles. The number of rotatable bonds is 5. The van der Waals surface area contributed by atoms with Gasteiger partial charge in [-0.3, -0.25) is 14.4 Å². The average molecular weight is 305 g/mol. The minimum atomic E-state index is -1.01. The Bertz CT molecular complexity index is 623. The van der Waals surface area contributed by atoms with Crippen molar-refractivity contribution in [2.45, 2.75) is 33.2 Å². The Kier molecular flexibility index (Phi) is 4.49. The van der Waals surface area contributed by atoms with Gasteiger partial charge in [-0.25, -0.2) is 0 Å². The van der Waals surface area contributed by atoms with Crippen LogP contribution >= 0.6 is 0 Å². The van der Waals surface area contributed by atoms with Crippen molar-refractivity contribution < 1.29 is 24.2 Å². The standard InChI is InChI=1S/C16H19NO5/c1-9(2)17-12-7-11(16(21)10(3)6-15(19)20)4-5-13(12)22-8-14(17)18/h4-5,7,9-10H,6,8H2,1-3H3,(H,19,20). The molecule has 0 spiro atoms. The highest BCUT2D eigenvalue weighted by Crippen LogP contribution is 2.34. The SMILES string of the molecule is CC(CC(=O)O)C(=O)c1ccc2c(c1)N(C(C)C)C(=O)CO2. The van der Waals surface area contributed by atoms with Gasteiger partial charge >= 0.3 is 5.97 Å². The molecular weight excluding hydrogens is 286 g/mol. The van der Waals surface area contributed by atoms with Crippen molar-refractivity contribution in [3.05, 3.63) is 23.8 Å². The lowest BCUT2D eigenvalue weighted by Crippen LogP contribution is -2.43. The number of hydrogen-bond acceptors (Lipinski definition) is 4. The average Bonchev–Trinajstić information content (AvgIpc) is 2.44. The first-order chi connectivity index (χ1) is 10.3. The highest BCUT2D eigenvalue weighted by molar-refractivity contribution is 6.03. The minimum absolute atomic E-state index is 0.0200. The molecule has 0 fully saturated rings. The predicted molar refractivity (Wildman–Crippen MR) is 80.3 cm³/mol. The molecule has 1 N–H and O–H groups in total. The van der Waals surface area contributed by atoms with E-state index in [9.17, 15) is 14.4 Å². The molecule has 1 aromatic rings. The summed E-state index contributed by atoms with van der Waals surface area (Å²) in [5.74, 6) is -1.50. The number of benzene rings is 1. The van der Waals surface area contributed by atoms with Crippen molar-refractivity contribution >= 4 is 23.3 Å². The molecule has 0 aliphatic carbocycles. The van der Waals surface area contributed by atoms with E-state index in [1.807, 2.05) is 13.8 Å². The lowest BCUT2D eigenvalue weighted by molar-refractivity contribution is -0.137. The number of anilines is 1. The number of amides is 1. The molecule has 0 radical (unpaired) electrons. The van der Waals surface area contributed by atoms with Crippen molar-refractivity contribution in [3.63, 3.8) is 0 Å². The summed E-state index contributed by atoms with van der Waals surface area (Å²) in [7, 11) is 0. The van der Waals surface area contributed by atoms with Crippen molar-refractivity contribution in [2.24, 2.45) is 5.92 Å². The van der Waals surface area contributed by atoms with Crippen molar-refractivity contribution in [1.82, 2.24) is 0 Å². The van der Waals surface area contributed by atoms with Crippen LogP contribution in [0.25, 0.3) is 0 Å². The monoisotopic (exact) mass is 305 g/mol. The van der Waals surface area contributed by atoms with E-state index in [0.29, 0.717) is 17.0 Å². The topological polar surface area (TPSA) is 83.9 Å². The fourth-order valence-corrected chi connectivity index (χ4v) is 2.53. The van der Waals surface area contributed by atoms with E-state index < -0.39 is 11.9 Å². The van der Waals surface area contributed by atoms with Gasteiger partial charge in [-0.1, -0.05) is 6.92 Å². The molecule has 1 aliphatic rings. The smallest absolute Gasteiger partial charge is 0.304 e. The highest BCUT2D eigenvalue weighted by Gasteiger charge is 2.29. The number of carbonyl (C=O) groups is 3. The Morgan fingerprint density at radius 2 is 2.00 bits per heavy atom. The van der Waals surface area contributed by atoms with Crippen LogP contribution in [0.1, 0.15) is 37.6 Å². The van der Waals surface area contributed by atoms with Gasteiger partial charge in [0, 0.05) is 17.5 Å². The Morgan fingerprint density at radius 3 is 2.59 bits per heavy atom. The molecule has 1 atom stereocenters. The Balaban J connectivity index is 2.36. The molecule has 0 bridgehead atoms. The fraction of sp³-hybridized carbons (Fsp3) is 0.438. The number of carboxylic acid groups (broad SMARTS) is 1. The highest BCUT2D eigenvalue weighted by atomic mass is 16.5. The van der Waals surface area contributed by atoms with Gasteiger partial charge in [0.25, 0.3) is 5.91 Å². The van der Waals surface area contributed by atoms with Crippen LogP contribution in [0.15, 0.2) is 18.2 Å². The molecular formula is C16H19NO5. The van der Waals surface area contributed by atoms with Gasteiger partial charge in [-0.05, 0) is 32.0 Å². The van der Waals surface area contributed by atoms with E-state index in [0.717, 1.165) is 0 Å². The lowest BCUT2D eigenvalue weighted by atomic mass is 9.95. The van der Waals surface area contributed by atoms with Crippen LogP contribution < -0.4 is 9.64 Å². The summed E-state index contributed by atoms with van der Waals surface area (Å²) in [4.78, 5) is 36.6. The zero-order valence-corrected chi connectivity index (χ0v) is 12.8. The van der Waals surface area contributed by atoms with Gasteiger partial charge < -0.3 is 14.7 Å². The Hall–Kier alpha value is -2.37. The van der Waals surface area contributed by atoms with Gasteiger partial charge in [-0.2, -0.15) is 0 Å². The number of hydrogen-bond donors (Lipinski definition) is 1. The zero-order valence-electron chi connectivity index (χ0n) is 12.8. The second-order valence-corrected chi connectivity index (χ2v) is 5.69. The Labute approximate surface area is 128 Å². The molecule has 6 heteroatoms. The molecule has 6 nitrogen and oxygen atoms in total. The van der Waals surface area contributed by atoms with Gasteiger partial charge in [-0.15, -0.1) is 0 Å². The van der Waals surface area contributed by atoms with Crippen LogP contribution in [0.4, 0.5) is 5.69 Å². The quantitative estimate of drug-likeness (QED) is 0.842.